The predicted octanol–water partition coefficient (Wildman–Crippen LogP) is 4.02. The van der Waals surface area contributed by atoms with Crippen molar-refractivity contribution < 1.29 is 8.78 Å². The first kappa shape index (κ1) is 10.7. The molecule has 0 radical (unpaired) electrons. The minimum atomic E-state index is -2.53. The predicted molar refractivity (Wildman–Crippen MR) is 50.9 cm³/mol. The fourth-order valence-electron chi connectivity index (χ4n) is 2.19. The van der Waals surface area contributed by atoms with E-state index in [1.54, 1.807) is 0 Å². The standard InChI is InChI=1S/C11H18F2/c1-7(2)9-5-6-11(12,13)10(9)8(3)4/h7-8H,5-6H2,1-4H3. The molecule has 0 aromatic heterocycles. The molecule has 1 aliphatic carbocycles. The molecule has 0 atom stereocenters. The Bertz CT molecular complexity index is 224. The van der Waals surface area contributed by atoms with Crippen molar-refractivity contribution in [2.24, 2.45) is 11.8 Å². The summed E-state index contributed by atoms with van der Waals surface area (Å²) in [4.78, 5) is 0. The van der Waals surface area contributed by atoms with Gasteiger partial charge >= 0.3 is 0 Å². The molecule has 76 valence electrons. The molecule has 0 bridgehead atoms. The Kier molecular flexibility index (Phi) is 2.79. The summed E-state index contributed by atoms with van der Waals surface area (Å²) in [6.45, 7) is 7.71. The molecule has 0 unspecified atom stereocenters. The monoisotopic (exact) mass is 188 g/mol. The number of hydrogen-bond donors (Lipinski definition) is 0. The summed E-state index contributed by atoms with van der Waals surface area (Å²) in [5.41, 5.74) is 1.39. The molecule has 0 saturated heterocycles. The molecule has 13 heavy (non-hydrogen) atoms. The largest absolute Gasteiger partial charge is 0.270 e. The number of halogens is 2. The second-order valence-corrected chi connectivity index (χ2v) is 4.45. The molecule has 0 heterocycles. The molecular weight excluding hydrogens is 170 g/mol. The SMILES string of the molecule is CC(C)C1=C(C(C)C)C(F)(F)CC1. The molecular formula is C11H18F2. The maximum atomic E-state index is 13.4. The van der Waals surface area contributed by atoms with Crippen LogP contribution in [-0.4, -0.2) is 5.92 Å². The highest BCUT2D eigenvalue weighted by Gasteiger charge is 2.42. The van der Waals surface area contributed by atoms with Crippen LogP contribution in [0.4, 0.5) is 8.78 Å². The molecule has 0 aromatic carbocycles. The van der Waals surface area contributed by atoms with E-state index < -0.39 is 5.92 Å². The van der Waals surface area contributed by atoms with Crippen LogP contribution in [0.3, 0.4) is 0 Å². The van der Waals surface area contributed by atoms with Gasteiger partial charge in [0.15, 0.2) is 0 Å². The van der Waals surface area contributed by atoms with Crippen molar-refractivity contribution >= 4 is 0 Å². The molecule has 0 nitrogen and oxygen atoms in total. The van der Waals surface area contributed by atoms with Gasteiger partial charge in [0.2, 0.25) is 0 Å². The lowest BCUT2D eigenvalue weighted by Gasteiger charge is -2.19. The fourth-order valence-corrected chi connectivity index (χ4v) is 2.19. The number of hydrogen-bond acceptors (Lipinski definition) is 0. The molecule has 0 saturated carbocycles. The van der Waals surface area contributed by atoms with Gasteiger partial charge in [-0.3, -0.25) is 0 Å². The number of rotatable bonds is 2. The minimum absolute atomic E-state index is 0.0186. The van der Waals surface area contributed by atoms with E-state index >= 15 is 0 Å². The van der Waals surface area contributed by atoms with Crippen molar-refractivity contribution in [3.8, 4) is 0 Å². The molecule has 0 fully saturated rings. The highest BCUT2D eigenvalue weighted by Crippen LogP contribution is 2.45. The molecule has 0 aromatic rings. The van der Waals surface area contributed by atoms with Gasteiger partial charge in [0, 0.05) is 12.0 Å². The molecule has 2 heteroatoms. The topological polar surface area (TPSA) is 0 Å². The van der Waals surface area contributed by atoms with Crippen molar-refractivity contribution in [1.82, 2.24) is 0 Å². The minimum Gasteiger partial charge on any atom is -0.202 e. The second kappa shape index (κ2) is 3.39. The van der Waals surface area contributed by atoms with Gasteiger partial charge in [0.05, 0.1) is 0 Å². The van der Waals surface area contributed by atoms with Gasteiger partial charge in [0.25, 0.3) is 5.92 Å². The molecule has 1 aliphatic rings. The third kappa shape index (κ3) is 1.92. The van der Waals surface area contributed by atoms with E-state index in [-0.39, 0.29) is 18.3 Å². The van der Waals surface area contributed by atoms with Gasteiger partial charge in [-0.2, -0.15) is 0 Å². The molecule has 0 N–H and O–H groups in total. The van der Waals surface area contributed by atoms with Gasteiger partial charge in [-0.25, -0.2) is 8.78 Å². The van der Waals surface area contributed by atoms with Crippen molar-refractivity contribution in [3.05, 3.63) is 11.1 Å². The lowest BCUT2D eigenvalue weighted by atomic mass is 9.92. The fraction of sp³-hybridized carbons (Fsp3) is 0.818. The Morgan fingerprint density at radius 2 is 1.62 bits per heavy atom. The molecule has 0 aliphatic heterocycles. The van der Waals surface area contributed by atoms with Gasteiger partial charge in [-0.05, 0) is 18.3 Å². The summed E-state index contributed by atoms with van der Waals surface area (Å²) in [5.74, 6) is -2.28. The molecule has 0 amide bonds. The van der Waals surface area contributed by atoms with Crippen LogP contribution in [0.1, 0.15) is 40.5 Å². The summed E-state index contributed by atoms with van der Waals surface area (Å²) >= 11 is 0. The van der Waals surface area contributed by atoms with E-state index in [2.05, 4.69) is 0 Å². The summed E-state index contributed by atoms with van der Waals surface area (Å²) < 4.78 is 26.8. The smallest absolute Gasteiger partial charge is 0.202 e. The molecule has 0 spiro atoms. The van der Waals surface area contributed by atoms with E-state index in [1.165, 1.54) is 0 Å². The Morgan fingerprint density at radius 1 is 1.08 bits per heavy atom. The quantitative estimate of drug-likeness (QED) is 0.574. The highest BCUT2D eigenvalue weighted by molar-refractivity contribution is 5.30. The highest BCUT2D eigenvalue weighted by atomic mass is 19.3. The van der Waals surface area contributed by atoms with Crippen molar-refractivity contribution in [2.45, 2.75) is 46.5 Å². The summed E-state index contributed by atoms with van der Waals surface area (Å²) in [5, 5.41) is 0. The zero-order valence-corrected chi connectivity index (χ0v) is 8.82. The average molecular weight is 188 g/mol. The van der Waals surface area contributed by atoms with E-state index in [9.17, 15) is 8.78 Å². The third-order valence-electron chi connectivity index (χ3n) is 2.72. The van der Waals surface area contributed by atoms with Crippen LogP contribution in [0.2, 0.25) is 0 Å². The Hall–Kier alpha value is -0.400. The number of allylic oxidation sites excluding steroid dienone is 2. The van der Waals surface area contributed by atoms with Crippen LogP contribution in [0, 0.1) is 11.8 Å². The van der Waals surface area contributed by atoms with E-state index in [0.717, 1.165) is 5.57 Å². The third-order valence-corrected chi connectivity index (χ3v) is 2.72. The number of alkyl halides is 2. The Labute approximate surface area is 79.0 Å². The van der Waals surface area contributed by atoms with Gasteiger partial charge in [-0.15, -0.1) is 0 Å². The summed E-state index contributed by atoms with van der Waals surface area (Å²) in [6.07, 6.45) is 0.603. The van der Waals surface area contributed by atoms with Crippen LogP contribution in [0.25, 0.3) is 0 Å². The first-order valence-electron chi connectivity index (χ1n) is 4.97. The first-order valence-corrected chi connectivity index (χ1v) is 4.97. The maximum absolute atomic E-state index is 13.4. The van der Waals surface area contributed by atoms with Crippen LogP contribution in [0.5, 0.6) is 0 Å². The summed E-state index contributed by atoms with van der Waals surface area (Å²) in [7, 11) is 0. The molecule has 1 rings (SSSR count). The van der Waals surface area contributed by atoms with Crippen molar-refractivity contribution in [2.75, 3.05) is 0 Å². The first-order chi connectivity index (χ1) is 5.86. The van der Waals surface area contributed by atoms with Gasteiger partial charge < -0.3 is 0 Å². The van der Waals surface area contributed by atoms with Crippen LogP contribution < -0.4 is 0 Å². The van der Waals surface area contributed by atoms with Gasteiger partial charge in [0.1, 0.15) is 0 Å². The maximum Gasteiger partial charge on any atom is 0.270 e. The Balaban J connectivity index is 3.06. The normalized spacial score (nSPS) is 22.2. The zero-order chi connectivity index (χ0) is 10.2. The lowest BCUT2D eigenvalue weighted by molar-refractivity contribution is 0.0349. The lowest BCUT2D eigenvalue weighted by Crippen LogP contribution is -2.19. The second-order valence-electron chi connectivity index (χ2n) is 4.45. The average Bonchev–Trinajstić information content (AvgIpc) is 2.24. The van der Waals surface area contributed by atoms with Gasteiger partial charge in [-0.1, -0.05) is 33.3 Å². The Morgan fingerprint density at radius 3 is 1.92 bits per heavy atom. The van der Waals surface area contributed by atoms with Crippen molar-refractivity contribution in [3.63, 3.8) is 0 Å². The van der Waals surface area contributed by atoms with Crippen LogP contribution in [-0.2, 0) is 0 Å². The summed E-state index contributed by atoms with van der Waals surface area (Å²) in [6, 6.07) is 0. The van der Waals surface area contributed by atoms with Crippen molar-refractivity contribution in [1.29, 1.82) is 0 Å². The van der Waals surface area contributed by atoms with Crippen LogP contribution in [0.15, 0.2) is 11.1 Å². The zero-order valence-electron chi connectivity index (χ0n) is 8.82. The van der Waals surface area contributed by atoms with Crippen LogP contribution >= 0.6 is 0 Å². The van der Waals surface area contributed by atoms with E-state index in [1.807, 2.05) is 27.7 Å². The van der Waals surface area contributed by atoms with E-state index in [4.69, 9.17) is 0 Å². The van der Waals surface area contributed by atoms with E-state index in [0.29, 0.717) is 12.0 Å².